The average Bonchev–Trinajstić information content (AvgIpc) is 3.09. The number of para-hydroxylation sites is 2. The highest BCUT2D eigenvalue weighted by molar-refractivity contribution is 6.31. The molecule has 0 atom stereocenters. The Balaban J connectivity index is 1.25. The van der Waals surface area contributed by atoms with E-state index in [1.807, 2.05) is 58.9 Å². The number of hydrogen-bond donors (Lipinski definition) is 1. The Morgan fingerprint density at radius 2 is 1.97 bits per heavy atom. The van der Waals surface area contributed by atoms with Gasteiger partial charge >= 0.3 is 5.69 Å². The third kappa shape index (κ3) is 4.38. The van der Waals surface area contributed by atoms with E-state index >= 15 is 0 Å². The van der Waals surface area contributed by atoms with Gasteiger partial charge in [0.25, 0.3) is 0 Å². The molecular weight excluding hydrogens is 402 g/mol. The van der Waals surface area contributed by atoms with Crippen LogP contribution in [0.1, 0.15) is 37.3 Å². The van der Waals surface area contributed by atoms with Crippen molar-refractivity contribution in [3.05, 3.63) is 63.5 Å². The Morgan fingerprint density at radius 3 is 2.73 bits per heavy atom. The van der Waals surface area contributed by atoms with E-state index in [-0.39, 0.29) is 17.6 Å². The first-order valence-corrected chi connectivity index (χ1v) is 10.8. The minimum atomic E-state index is -0.0736. The van der Waals surface area contributed by atoms with Crippen LogP contribution in [0.15, 0.2) is 47.3 Å². The van der Waals surface area contributed by atoms with Gasteiger partial charge in [0.2, 0.25) is 5.91 Å². The second-order valence-corrected chi connectivity index (χ2v) is 8.20. The van der Waals surface area contributed by atoms with Gasteiger partial charge in [0, 0.05) is 30.6 Å². The number of aromatic nitrogens is 2. The van der Waals surface area contributed by atoms with Crippen LogP contribution < -0.4 is 10.4 Å². The zero-order chi connectivity index (χ0) is 21.1. The summed E-state index contributed by atoms with van der Waals surface area (Å²) in [5.74, 6) is 0.921. The molecule has 1 N–H and O–H groups in total. The summed E-state index contributed by atoms with van der Waals surface area (Å²) in [7, 11) is 0. The molecule has 158 valence electrons. The number of aryl methyl sites for hydroxylation is 1. The maximum atomic E-state index is 12.6. The summed E-state index contributed by atoms with van der Waals surface area (Å²) in [5.41, 5.74) is 2.69. The second-order valence-electron chi connectivity index (χ2n) is 7.79. The SMILES string of the molecule is Cc1cc(OCCCC(=O)N2CCC(n3c(=O)[nH]c4ccccc43)CC2)ccc1Cl. The summed E-state index contributed by atoms with van der Waals surface area (Å²) >= 11 is 6.02. The predicted octanol–water partition coefficient (Wildman–Crippen LogP) is 4.31. The fraction of sp³-hybridized carbons (Fsp3) is 0.391. The van der Waals surface area contributed by atoms with Crippen LogP contribution in [0.25, 0.3) is 11.0 Å². The molecule has 0 bridgehead atoms. The topological polar surface area (TPSA) is 67.3 Å². The number of carbonyl (C=O) groups is 1. The number of likely N-dealkylation sites (tertiary alicyclic amines) is 1. The molecule has 1 aliphatic heterocycles. The van der Waals surface area contributed by atoms with Crippen LogP contribution >= 0.6 is 11.6 Å². The lowest BCUT2D eigenvalue weighted by Gasteiger charge is -2.32. The molecule has 2 aromatic carbocycles. The van der Waals surface area contributed by atoms with Crippen molar-refractivity contribution in [2.24, 2.45) is 0 Å². The third-order valence-electron chi connectivity index (χ3n) is 5.74. The normalized spacial score (nSPS) is 14.9. The molecule has 1 fully saturated rings. The first kappa shape index (κ1) is 20.5. The van der Waals surface area contributed by atoms with Crippen LogP contribution in [-0.2, 0) is 4.79 Å². The number of benzene rings is 2. The molecular formula is C23H26ClN3O3. The van der Waals surface area contributed by atoms with E-state index in [1.54, 1.807) is 0 Å². The van der Waals surface area contributed by atoms with Gasteiger partial charge in [0.1, 0.15) is 5.75 Å². The Labute approximate surface area is 180 Å². The molecule has 0 aliphatic carbocycles. The van der Waals surface area contributed by atoms with Gasteiger partial charge in [-0.05, 0) is 62.1 Å². The van der Waals surface area contributed by atoms with Crippen LogP contribution in [0.4, 0.5) is 0 Å². The second kappa shape index (κ2) is 8.96. The molecule has 0 saturated carbocycles. The van der Waals surface area contributed by atoms with Gasteiger partial charge in [0.15, 0.2) is 0 Å². The fourth-order valence-corrected chi connectivity index (χ4v) is 4.21. The van der Waals surface area contributed by atoms with Crippen molar-refractivity contribution >= 4 is 28.5 Å². The Morgan fingerprint density at radius 1 is 1.20 bits per heavy atom. The number of amides is 1. The van der Waals surface area contributed by atoms with E-state index in [1.165, 1.54) is 0 Å². The Bertz CT molecular complexity index is 1100. The highest BCUT2D eigenvalue weighted by Gasteiger charge is 2.25. The van der Waals surface area contributed by atoms with Crippen molar-refractivity contribution in [1.82, 2.24) is 14.5 Å². The molecule has 7 heteroatoms. The first-order chi connectivity index (χ1) is 14.5. The van der Waals surface area contributed by atoms with Crippen LogP contribution in [0.3, 0.4) is 0 Å². The number of ether oxygens (including phenoxy) is 1. The van der Waals surface area contributed by atoms with E-state index in [9.17, 15) is 9.59 Å². The van der Waals surface area contributed by atoms with E-state index in [0.29, 0.717) is 32.5 Å². The molecule has 2 heterocycles. The lowest BCUT2D eigenvalue weighted by atomic mass is 10.0. The zero-order valence-corrected chi connectivity index (χ0v) is 17.8. The number of halogens is 1. The third-order valence-corrected chi connectivity index (χ3v) is 6.16. The number of fused-ring (bicyclic) bond motifs is 1. The first-order valence-electron chi connectivity index (χ1n) is 10.4. The lowest BCUT2D eigenvalue weighted by molar-refractivity contribution is -0.132. The number of aromatic amines is 1. The smallest absolute Gasteiger partial charge is 0.326 e. The quantitative estimate of drug-likeness (QED) is 0.596. The molecule has 0 spiro atoms. The van der Waals surface area contributed by atoms with Gasteiger partial charge in [-0.2, -0.15) is 0 Å². The van der Waals surface area contributed by atoms with E-state index in [4.69, 9.17) is 16.3 Å². The molecule has 30 heavy (non-hydrogen) atoms. The number of H-pyrrole nitrogens is 1. The number of nitrogens with one attached hydrogen (secondary N) is 1. The molecule has 0 unspecified atom stereocenters. The number of rotatable bonds is 6. The van der Waals surface area contributed by atoms with E-state index in [0.717, 1.165) is 40.2 Å². The minimum absolute atomic E-state index is 0.0736. The van der Waals surface area contributed by atoms with Crippen LogP contribution in [-0.4, -0.2) is 40.1 Å². The van der Waals surface area contributed by atoms with Crippen molar-refractivity contribution in [3.8, 4) is 5.75 Å². The fourth-order valence-electron chi connectivity index (χ4n) is 4.09. The van der Waals surface area contributed by atoms with Gasteiger partial charge < -0.3 is 14.6 Å². The summed E-state index contributed by atoms with van der Waals surface area (Å²) in [6, 6.07) is 13.4. The minimum Gasteiger partial charge on any atom is -0.494 e. The largest absolute Gasteiger partial charge is 0.494 e. The molecule has 1 amide bonds. The summed E-state index contributed by atoms with van der Waals surface area (Å²) in [5, 5.41) is 0.718. The average molecular weight is 428 g/mol. The van der Waals surface area contributed by atoms with Crippen LogP contribution in [0.2, 0.25) is 5.02 Å². The predicted molar refractivity (Wildman–Crippen MR) is 118 cm³/mol. The Hall–Kier alpha value is -2.73. The summed E-state index contributed by atoms with van der Waals surface area (Å²) in [6.07, 6.45) is 2.70. The molecule has 1 aliphatic rings. The summed E-state index contributed by atoms with van der Waals surface area (Å²) in [6.45, 7) is 3.78. The van der Waals surface area contributed by atoms with Crippen molar-refractivity contribution in [1.29, 1.82) is 0 Å². The molecule has 1 saturated heterocycles. The van der Waals surface area contributed by atoms with E-state index < -0.39 is 0 Å². The van der Waals surface area contributed by atoms with Crippen LogP contribution in [0.5, 0.6) is 5.75 Å². The molecule has 6 nitrogen and oxygen atoms in total. The van der Waals surface area contributed by atoms with Gasteiger partial charge in [-0.15, -0.1) is 0 Å². The molecule has 1 aromatic heterocycles. The monoisotopic (exact) mass is 427 g/mol. The number of carbonyl (C=O) groups excluding carboxylic acids is 1. The van der Waals surface area contributed by atoms with Gasteiger partial charge in [-0.3, -0.25) is 9.36 Å². The van der Waals surface area contributed by atoms with Crippen molar-refractivity contribution in [3.63, 3.8) is 0 Å². The molecule has 3 aromatic rings. The molecule has 0 radical (unpaired) electrons. The molecule has 4 rings (SSSR count). The highest BCUT2D eigenvalue weighted by Crippen LogP contribution is 2.25. The van der Waals surface area contributed by atoms with Crippen LogP contribution in [0, 0.1) is 6.92 Å². The van der Waals surface area contributed by atoms with Gasteiger partial charge in [-0.1, -0.05) is 23.7 Å². The number of nitrogens with zero attached hydrogens (tertiary/aromatic N) is 2. The maximum absolute atomic E-state index is 12.6. The number of piperidine rings is 1. The van der Waals surface area contributed by atoms with E-state index in [2.05, 4.69) is 4.98 Å². The van der Waals surface area contributed by atoms with Gasteiger partial charge in [0.05, 0.1) is 17.6 Å². The number of imidazole rings is 1. The zero-order valence-electron chi connectivity index (χ0n) is 17.1. The van der Waals surface area contributed by atoms with Crippen molar-refractivity contribution in [2.75, 3.05) is 19.7 Å². The Kier molecular flexibility index (Phi) is 6.13. The van der Waals surface area contributed by atoms with Crippen molar-refractivity contribution in [2.45, 2.75) is 38.6 Å². The van der Waals surface area contributed by atoms with Crippen molar-refractivity contribution < 1.29 is 9.53 Å². The summed E-state index contributed by atoms with van der Waals surface area (Å²) in [4.78, 5) is 29.8. The van der Waals surface area contributed by atoms with Gasteiger partial charge in [-0.25, -0.2) is 4.79 Å². The maximum Gasteiger partial charge on any atom is 0.326 e. The highest BCUT2D eigenvalue weighted by atomic mass is 35.5. The standard InChI is InChI=1S/C23H26ClN3O3/c1-16-15-18(8-9-19(16)24)30-14-4-7-22(28)26-12-10-17(11-13-26)27-21-6-3-2-5-20(21)25-23(27)29/h2-3,5-6,8-9,15,17H,4,7,10-14H2,1H3,(H,25,29). The number of hydrogen-bond acceptors (Lipinski definition) is 3. The lowest BCUT2D eigenvalue weighted by Crippen LogP contribution is -2.40. The summed E-state index contributed by atoms with van der Waals surface area (Å²) < 4.78 is 7.58.